The molecule has 6 heterocycles. The first-order valence-corrected chi connectivity index (χ1v) is 28.0. The smallest absolute Gasteiger partial charge is 0.327 e. The second kappa shape index (κ2) is 26.4. The minimum atomic E-state index is -4.96. The molecule has 7 rings (SSSR count). The fourth-order valence-electron chi connectivity index (χ4n) is 9.79. The maximum Gasteiger partial charge on any atom is 0.327 e. The van der Waals surface area contributed by atoms with E-state index in [4.69, 9.17) is 65.5 Å². The average molecular weight is 1170 g/mol. The molecule has 1 saturated carbocycles. The summed E-state index contributed by atoms with van der Waals surface area (Å²) < 4.78 is 104. The molecule has 33 atom stereocenters. The van der Waals surface area contributed by atoms with Crippen LogP contribution in [-0.4, -0.2) is 319 Å². The van der Waals surface area contributed by atoms with Gasteiger partial charge in [0.2, 0.25) is 6.29 Å². The molecule has 0 aromatic carbocycles. The number of fused-ring (bicyclic) bond motifs is 1. The van der Waals surface area contributed by atoms with Crippen molar-refractivity contribution >= 4 is 15.4 Å². The van der Waals surface area contributed by atoms with Crippen molar-refractivity contribution in [1.29, 1.82) is 0 Å². The molecule has 0 bridgehead atoms. The monoisotopic (exact) mass is 1170 g/mol. The Morgan fingerprint density at radius 3 is 1.52 bits per heavy atom. The Hall–Kier alpha value is -0.860. The van der Waals surface area contributed by atoms with E-state index in [9.17, 15) is 95.7 Å². The first kappa shape index (κ1) is 63.7. The van der Waals surface area contributed by atoms with Gasteiger partial charge in [0.05, 0.1) is 51.8 Å². The van der Waals surface area contributed by atoms with Gasteiger partial charge in [-0.05, 0) is 0 Å². The predicted molar refractivity (Wildman–Crippen MR) is 234 cm³/mol. The molecule has 0 aromatic heterocycles. The molecular weight excluding hydrogens is 1100 g/mol. The SMILES string of the molecule is C[C@H]1C(O)C(O[C@H]2OC(CO)[C@@H](O[C@H]3OC(CO[C@H]4OC(CO)[C@@H](O)[C@H](O)C4O[C@H]4OC(COP(C)(=O)OCC[NH3+])[C@@H](O)[C@H](O)C4O[C@H]4OC(CO)[C@@H](O)[C@H](O)C4O)[C@@H](O)[C@H](O)C3O)[C@H](O)C2[NH3+])[C@@H]2OP(=O)([O-])O[C@H]2C1O. The van der Waals surface area contributed by atoms with E-state index in [0.717, 1.165) is 6.66 Å². The molecular formula is C40H73N2O33P2+. The van der Waals surface area contributed by atoms with E-state index < -0.39 is 238 Å². The number of phosphoric acid groups is 1. The number of aliphatic hydroxyl groups excluding tert-OH is 16. The average Bonchev–Trinajstić information content (AvgIpc) is 3.77. The predicted octanol–water partition coefficient (Wildman–Crippen LogP) is -13.6. The summed E-state index contributed by atoms with van der Waals surface area (Å²) in [6, 6.07) is -1.41. The van der Waals surface area contributed by atoms with Crippen molar-refractivity contribution in [3.63, 3.8) is 0 Å². The lowest BCUT2D eigenvalue weighted by Crippen LogP contribution is -2.79. The number of hydrogen-bond acceptors (Lipinski definition) is 33. The minimum Gasteiger partial charge on any atom is -0.756 e. The molecule has 22 N–H and O–H groups in total. The minimum absolute atomic E-state index is 0.107. The van der Waals surface area contributed by atoms with Gasteiger partial charge in [0.25, 0.3) is 7.82 Å². The Bertz CT molecular complexity index is 1980. The highest BCUT2D eigenvalue weighted by Gasteiger charge is 2.60. The number of quaternary nitrogens is 2. The Balaban J connectivity index is 1.08. The first-order valence-electron chi connectivity index (χ1n) is 24.5. The van der Waals surface area contributed by atoms with E-state index in [1.54, 1.807) is 0 Å². The number of rotatable bonds is 20. The zero-order valence-corrected chi connectivity index (χ0v) is 43.0. The van der Waals surface area contributed by atoms with Crippen LogP contribution in [0.25, 0.3) is 0 Å². The summed E-state index contributed by atoms with van der Waals surface area (Å²) in [6.45, 7) is -2.00. The number of hydrogen-bond donors (Lipinski definition) is 18. The van der Waals surface area contributed by atoms with Crippen LogP contribution in [0.1, 0.15) is 6.92 Å². The molecule has 0 amide bonds. The highest BCUT2D eigenvalue weighted by molar-refractivity contribution is 7.52. The summed E-state index contributed by atoms with van der Waals surface area (Å²) >= 11 is 0. The number of ether oxygens (including phenoxy) is 10. The molecule has 6 saturated heterocycles. The van der Waals surface area contributed by atoms with Gasteiger partial charge in [0.1, 0.15) is 141 Å². The molecule has 37 heteroatoms. The Kier molecular flexibility index (Phi) is 21.8. The van der Waals surface area contributed by atoms with Gasteiger partial charge in [0.15, 0.2) is 31.2 Å². The third kappa shape index (κ3) is 13.7. The van der Waals surface area contributed by atoms with Crippen LogP contribution in [0, 0.1) is 5.92 Å². The summed E-state index contributed by atoms with van der Waals surface area (Å²) in [7, 11) is -8.83. The quantitative estimate of drug-likeness (QED) is 0.0503. The molecule has 7 aliphatic rings. The maximum absolute atomic E-state index is 13.0. The van der Waals surface area contributed by atoms with Gasteiger partial charge in [-0.1, -0.05) is 6.92 Å². The fourth-order valence-corrected chi connectivity index (χ4v) is 11.9. The first-order chi connectivity index (χ1) is 36.2. The summed E-state index contributed by atoms with van der Waals surface area (Å²) in [6.07, 6.45) is -54.0. The van der Waals surface area contributed by atoms with Gasteiger partial charge >= 0.3 is 7.60 Å². The van der Waals surface area contributed by atoms with Crippen LogP contribution >= 0.6 is 15.4 Å². The number of phosphoric ester groups is 1. The molecule has 15 unspecified atom stereocenters. The molecule has 0 spiro atoms. The summed E-state index contributed by atoms with van der Waals surface area (Å²) in [5, 5.41) is 173. The lowest BCUT2D eigenvalue weighted by atomic mass is 9.79. The van der Waals surface area contributed by atoms with Crippen LogP contribution in [0.2, 0.25) is 0 Å². The summed E-state index contributed by atoms with van der Waals surface area (Å²) in [5.74, 6) is -1.04. The van der Waals surface area contributed by atoms with E-state index in [-0.39, 0.29) is 13.2 Å². The molecule has 35 nitrogen and oxygen atoms in total. The summed E-state index contributed by atoms with van der Waals surface area (Å²) in [5.41, 5.74) is 7.40. The standard InChI is InChI=1S/C40H72N2O33P2/c1-10-17(46)31(35-32(18(10)47)74-77(60,61)75-35)71-36-16(42)23(52)30(13(7-45)67-36)70-38-29(58)25(54)21(50)14(68-38)8-62-39-33(26(55)20(49)12(6-44)66-39)73-40-34(72-37-28(57)24(53)19(48)11(5-43)65-37)27(56)22(51)15(69-40)9-64-76(2,59)63-4-3-41/h10-40,43-58H,3-9,41-42H2,1-2H3,(H,60,61)/p+1/t10-,11?,12?,13?,14?,15?,16?,17?,18?,19+,20+,21+,22+,23+,24-,25-,26-,27-,28?,29?,30+,31?,32-,33?,34?,35-,36+,37+,38+,39-,40+,76?/m0/s1. The summed E-state index contributed by atoms with van der Waals surface area (Å²) in [4.78, 5) is 12.2. The lowest BCUT2D eigenvalue weighted by molar-refractivity contribution is -0.510. The second-order valence-electron chi connectivity index (χ2n) is 19.7. The van der Waals surface area contributed by atoms with Crippen LogP contribution in [0.4, 0.5) is 0 Å². The van der Waals surface area contributed by atoms with Crippen LogP contribution < -0.4 is 16.4 Å². The maximum atomic E-state index is 13.0. The van der Waals surface area contributed by atoms with Crippen molar-refractivity contribution in [1.82, 2.24) is 0 Å². The highest BCUT2D eigenvalue weighted by Crippen LogP contribution is 2.54. The van der Waals surface area contributed by atoms with E-state index >= 15 is 0 Å². The topological polar surface area (TPSA) is 565 Å². The van der Waals surface area contributed by atoms with Crippen LogP contribution in [0.15, 0.2) is 0 Å². The van der Waals surface area contributed by atoms with E-state index in [0.29, 0.717) is 0 Å². The van der Waals surface area contributed by atoms with Gasteiger partial charge in [0, 0.05) is 12.6 Å². The Morgan fingerprint density at radius 2 is 0.935 bits per heavy atom. The van der Waals surface area contributed by atoms with E-state index in [1.807, 2.05) is 0 Å². The van der Waals surface area contributed by atoms with Crippen molar-refractivity contribution in [2.75, 3.05) is 52.9 Å². The van der Waals surface area contributed by atoms with Crippen LogP contribution in [0.5, 0.6) is 0 Å². The fraction of sp³-hybridized carbons (Fsp3) is 1.00. The zero-order chi connectivity index (χ0) is 56.7. The molecule has 0 aromatic rings. The Labute approximate surface area is 437 Å². The van der Waals surface area contributed by atoms with Crippen molar-refractivity contribution in [3.8, 4) is 0 Å². The Morgan fingerprint density at radius 1 is 0.494 bits per heavy atom. The molecule has 450 valence electrons. The van der Waals surface area contributed by atoms with E-state index in [1.165, 1.54) is 6.92 Å². The van der Waals surface area contributed by atoms with Gasteiger partial charge in [-0.15, -0.1) is 0 Å². The van der Waals surface area contributed by atoms with Gasteiger partial charge in [-0.3, -0.25) is 9.13 Å². The van der Waals surface area contributed by atoms with Crippen LogP contribution in [0.3, 0.4) is 0 Å². The molecule has 0 radical (unpaired) electrons. The van der Waals surface area contributed by atoms with Gasteiger partial charge < -0.3 is 164 Å². The van der Waals surface area contributed by atoms with E-state index in [2.05, 4.69) is 11.5 Å². The van der Waals surface area contributed by atoms with Gasteiger partial charge in [-0.25, -0.2) is 0 Å². The largest absolute Gasteiger partial charge is 0.756 e. The van der Waals surface area contributed by atoms with Crippen molar-refractivity contribution in [2.45, 2.75) is 191 Å². The normalized spacial score (nSPS) is 52.5. The highest BCUT2D eigenvalue weighted by atomic mass is 31.2. The molecule has 6 aliphatic heterocycles. The lowest BCUT2D eigenvalue weighted by Gasteiger charge is -2.49. The second-order valence-corrected chi connectivity index (χ2v) is 23.1. The van der Waals surface area contributed by atoms with Crippen molar-refractivity contribution in [3.05, 3.63) is 0 Å². The molecule has 7 fully saturated rings. The zero-order valence-electron chi connectivity index (χ0n) is 41.3. The van der Waals surface area contributed by atoms with Crippen LogP contribution in [-0.2, 0) is 74.6 Å². The van der Waals surface area contributed by atoms with Crippen molar-refractivity contribution < 1.29 is 173 Å². The van der Waals surface area contributed by atoms with Gasteiger partial charge in [-0.2, -0.15) is 0 Å². The molecule has 77 heavy (non-hydrogen) atoms. The third-order valence-corrected chi connectivity index (χ3v) is 16.7. The number of aliphatic hydroxyl groups is 16. The van der Waals surface area contributed by atoms with Crippen molar-refractivity contribution in [2.24, 2.45) is 5.92 Å². The molecule has 1 aliphatic carbocycles. The third-order valence-electron chi connectivity index (χ3n) is 14.4.